The Bertz CT molecular complexity index is 540. The first kappa shape index (κ1) is 16.6. The molecule has 0 aliphatic carbocycles. The molecule has 7 heteroatoms. The van der Waals surface area contributed by atoms with Crippen LogP contribution in [-0.2, 0) is 27.7 Å². The lowest BCUT2D eigenvalue weighted by Crippen LogP contribution is -2.60. The number of carbonyl (C=O) groups excluding carboxylic acids is 3. The minimum Gasteiger partial charge on any atom is -0.452 e. The lowest BCUT2D eigenvalue weighted by atomic mass is 10.2. The van der Waals surface area contributed by atoms with Crippen LogP contribution in [0.25, 0.3) is 6.08 Å². The summed E-state index contributed by atoms with van der Waals surface area (Å²) in [6.45, 7) is 7.08. The molecule has 0 aliphatic rings. The highest BCUT2D eigenvalue weighted by atomic mass is 28.4. The molecule has 0 atom stereocenters. The van der Waals surface area contributed by atoms with Crippen LogP contribution in [-0.4, -0.2) is 26.7 Å². The molecule has 0 N–H and O–H groups in total. The molecule has 0 fully saturated rings. The van der Waals surface area contributed by atoms with Gasteiger partial charge in [-0.25, -0.2) is 0 Å². The topological polar surface area (TPSA) is 78.9 Å². The second-order valence-electron chi connectivity index (χ2n) is 4.13. The minimum atomic E-state index is -4.05. The zero-order valence-electron chi connectivity index (χ0n) is 12.0. The predicted octanol–water partition coefficient (Wildman–Crippen LogP) is 1.16. The van der Waals surface area contributed by atoms with Gasteiger partial charge in [-0.2, -0.15) is 0 Å². The number of hydrogen-bond donors (Lipinski definition) is 0. The van der Waals surface area contributed by atoms with Gasteiger partial charge in [0.2, 0.25) is 0 Å². The Morgan fingerprint density at radius 2 is 1.38 bits per heavy atom. The molecule has 6 nitrogen and oxygen atoms in total. The van der Waals surface area contributed by atoms with Crippen molar-refractivity contribution in [3.8, 4) is 0 Å². The SMILES string of the molecule is C=Cc1ccccc1[Si](OC(C)=O)(OC(C)=O)OC(C)=O. The first-order valence-corrected chi connectivity index (χ1v) is 7.84. The fourth-order valence-corrected chi connectivity index (χ4v) is 4.18. The first-order valence-electron chi connectivity index (χ1n) is 6.11. The van der Waals surface area contributed by atoms with Crippen LogP contribution in [0, 0.1) is 0 Å². The van der Waals surface area contributed by atoms with E-state index >= 15 is 0 Å². The van der Waals surface area contributed by atoms with E-state index in [9.17, 15) is 14.4 Å². The molecule has 0 heterocycles. The summed E-state index contributed by atoms with van der Waals surface area (Å²) in [5.41, 5.74) is 0.549. The van der Waals surface area contributed by atoms with E-state index in [-0.39, 0.29) is 0 Å². The van der Waals surface area contributed by atoms with E-state index in [1.807, 2.05) is 0 Å². The van der Waals surface area contributed by atoms with Gasteiger partial charge in [0.1, 0.15) is 0 Å². The van der Waals surface area contributed by atoms with Gasteiger partial charge in [0.05, 0.1) is 5.19 Å². The van der Waals surface area contributed by atoms with E-state index in [4.69, 9.17) is 13.3 Å². The third-order valence-electron chi connectivity index (χ3n) is 2.34. The molecule has 1 aromatic rings. The van der Waals surface area contributed by atoms with Gasteiger partial charge in [0.25, 0.3) is 17.9 Å². The van der Waals surface area contributed by atoms with Crippen LogP contribution >= 0.6 is 0 Å². The van der Waals surface area contributed by atoms with Crippen molar-refractivity contribution < 1.29 is 27.7 Å². The molecule has 0 saturated heterocycles. The Labute approximate surface area is 123 Å². The highest BCUT2D eigenvalue weighted by molar-refractivity contribution is 6.79. The number of hydrogen-bond acceptors (Lipinski definition) is 6. The molecule has 0 unspecified atom stereocenters. The Morgan fingerprint density at radius 1 is 0.952 bits per heavy atom. The summed E-state index contributed by atoms with van der Waals surface area (Å²) in [5, 5.41) is 0.320. The van der Waals surface area contributed by atoms with Crippen molar-refractivity contribution in [2.75, 3.05) is 0 Å². The van der Waals surface area contributed by atoms with E-state index in [1.165, 1.54) is 6.08 Å². The average Bonchev–Trinajstić information content (AvgIpc) is 2.36. The molecule has 0 aliphatic heterocycles. The van der Waals surface area contributed by atoms with E-state index in [1.54, 1.807) is 24.3 Å². The Hall–Kier alpha value is -2.41. The lowest BCUT2D eigenvalue weighted by molar-refractivity contribution is -0.146. The zero-order chi connectivity index (χ0) is 16.0. The molecule has 0 radical (unpaired) electrons. The fraction of sp³-hybridized carbons (Fsp3) is 0.214. The standard InChI is InChI=1S/C14H16O6Si/c1-5-13-8-6-7-9-14(13)21(18-10(2)15,19-11(3)16)20-12(4)17/h5-9H,1H2,2-4H3. The number of carbonyl (C=O) groups is 3. The molecule has 0 amide bonds. The van der Waals surface area contributed by atoms with Gasteiger partial charge in [0, 0.05) is 20.8 Å². The van der Waals surface area contributed by atoms with Crippen LogP contribution in [0.4, 0.5) is 0 Å². The van der Waals surface area contributed by atoms with E-state index in [0.29, 0.717) is 10.8 Å². The Kier molecular flexibility index (Phi) is 5.42. The maximum Gasteiger partial charge on any atom is 0.743 e. The molecule has 112 valence electrons. The zero-order valence-corrected chi connectivity index (χ0v) is 13.0. The molecule has 1 aromatic carbocycles. The van der Waals surface area contributed by atoms with Crippen molar-refractivity contribution in [3.63, 3.8) is 0 Å². The van der Waals surface area contributed by atoms with Gasteiger partial charge in [-0.3, -0.25) is 14.4 Å². The van der Waals surface area contributed by atoms with E-state index in [0.717, 1.165) is 20.8 Å². The molecule has 21 heavy (non-hydrogen) atoms. The fourth-order valence-electron chi connectivity index (χ4n) is 1.75. The van der Waals surface area contributed by atoms with Gasteiger partial charge in [-0.15, -0.1) is 0 Å². The van der Waals surface area contributed by atoms with E-state index < -0.39 is 26.7 Å². The molecule has 0 spiro atoms. The lowest BCUT2D eigenvalue weighted by Gasteiger charge is -2.27. The average molecular weight is 308 g/mol. The largest absolute Gasteiger partial charge is 0.743 e. The van der Waals surface area contributed by atoms with Gasteiger partial charge in [0.15, 0.2) is 0 Å². The Morgan fingerprint density at radius 3 is 1.76 bits per heavy atom. The summed E-state index contributed by atoms with van der Waals surface area (Å²) >= 11 is 0. The summed E-state index contributed by atoms with van der Waals surface area (Å²) in [6.07, 6.45) is 1.49. The van der Waals surface area contributed by atoms with Gasteiger partial charge in [-0.05, 0) is 5.56 Å². The van der Waals surface area contributed by atoms with Crippen LogP contribution in [0.15, 0.2) is 30.8 Å². The van der Waals surface area contributed by atoms with Crippen molar-refractivity contribution in [2.45, 2.75) is 20.8 Å². The van der Waals surface area contributed by atoms with Gasteiger partial charge < -0.3 is 13.3 Å². The summed E-state index contributed by atoms with van der Waals surface area (Å²) in [6, 6.07) is 6.63. The van der Waals surface area contributed by atoms with E-state index in [2.05, 4.69) is 6.58 Å². The quantitative estimate of drug-likeness (QED) is 0.760. The first-order chi connectivity index (χ1) is 9.80. The third kappa shape index (κ3) is 4.28. The smallest absolute Gasteiger partial charge is 0.452 e. The third-order valence-corrected chi connectivity index (χ3v) is 5.13. The van der Waals surface area contributed by atoms with Crippen LogP contribution in [0.1, 0.15) is 26.3 Å². The van der Waals surface area contributed by atoms with Crippen molar-refractivity contribution >= 4 is 38.0 Å². The second-order valence-corrected chi connectivity index (χ2v) is 6.39. The number of rotatable bonds is 5. The van der Waals surface area contributed by atoms with Crippen molar-refractivity contribution in [1.82, 2.24) is 0 Å². The minimum absolute atomic E-state index is 0.320. The van der Waals surface area contributed by atoms with Crippen LogP contribution < -0.4 is 5.19 Å². The second kappa shape index (κ2) is 6.85. The molecule has 1 rings (SSSR count). The molecule has 0 aromatic heterocycles. The van der Waals surface area contributed by atoms with Gasteiger partial charge >= 0.3 is 8.80 Å². The molecule has 0 bridgehead atoms. The van der Waals surface area contributed by atoms with Gasteiger partial charge in [-0.1, -0.05) is 36.9 Å². The maximum absolute atomic E-state index is 11.4. The van der Waals surface area contributed by atoms with Crippen molar-refractivity contribution in [1.29, 1.82) is 0 Å². The highest BCUT2D eigenvalue weighted by Gasteiger charge is 2.55. The monoisotopic (exact) mass is 308 g/mol. The summed E-state index contributed by atoms with van der Waals surface area (Å²) < 4.78 is 15.5. The predicted molar refractivity (Wildman–Crippen MR) is 77.2 cm³/mol. The highest BCUT2D eigenvalue weighted by Crippen LogP contribution is 2.15. The summed E-state index contributed by atoms with van der Waals surface area (Å²) in [7, 11) is -4.05. The molecular formula is C14H16O6Si. The van der Waals surface area contributed by atoms with Crippen LogP contribution in [0.3, 0.4) is 0 Å². The van der Waals surface area contributed by atoms with Crippen LogP contribution in [0.2, 0.25) is 0 Å². The van der Waals surface area contributed by atoms with Crippen molar-refractivity contribution in [2.24, 2.45) is 0 Å². The normalized spacial score (nSPS) is 10.4. The molecule has 0 saturated carbocycles. The number of benzene rings is 1. The summed E-state index contributed by atoms with van der Waals surface area (Å²) in [5.74, 6) is -2.16. The molecular weight excluding hydrogens is 292 g/mol. The maximum atomic E-state index is 11.4. The summed E-state index contributed by atoms with van der Waals surface area (Å²) in [4.78, 5) is 34.2. The van der Waals surface area contributed by atoms with Crippen LogP contribution in [0.5, 0.6) is 0 Å². The Balaban J connectivity index is 3.51. The van der Waals surface area contributed by atoms with Crippen molar-refractivity contribution in [3.05, 3.63) is 36.4 Å².